The van der Waals surface area contributed by atoms with Gasteiger partial charge in [0, 0.05) is 17.9 Å². The molecular weight excluding hydrogens is 371 g/mol. The van der Waals surface area contributed by atoms with E-state index in [4.69, 9.17) is 16.0 Å². The quantitative estimate of drug-likeness (QED) is 0.721. The van der Waals surface area contributed by atoms with Crippen molar-refractivity contribution in [1.82, 2.24) is 0 Å². The topological polar surface area (TPSA) is 62.6 Å². The highest BCUT2D eigenvalue weighted by atomic mass is 35.5. The van der Waals surface area contributed by atoms with Crippen LogP contribution in [0.25, 0.3) is 0 Å². The van der Waals surface area contributed by atoms with E-state index in [1.165, 1.54) is 24.5 Å². The van der Waals surface area contributed by atoms with Crippen LogP contribution in [-0.4, -0.2) is 18.4 Å². The predicted molar refractivity (Wildman–Crippen MR) is 99.9 cm³/mol. The van der Waals surface area contributed by atoms with Gasteiger partial charge in [0.15, 0.2) is 5.76 Å². The van der Waals surface area contributed by atoms with E-state index in [0.29, 0.717) is 24.3 Å². The molecule has 4 rings (SSSR count). The summed E-state index contributed by atoms with van der Waals surface area (Å²) in [5.74, 6) is -1.36. The van der Waals surface area contributed by atoms with E-state index in [-0.39, 0.29) is 22.3 Å². The molecule has 0 fully saturated rings. The zero-order valence-electron chi connectivity index (χ0n) is 14.0. The second-order valence-corrected chi connectivity index (χ2v) is 6.49. The first kappa shape index (κ1) is 17.3. The van der Waals surface area contributed by atoms with Crippen LogP contribution >= 0.6 is 11.6 Å². The predicted octanol–water partition coefficient (Wildman–Crippen LogP) is 4.53. The third kappa shape index (κ3) is 3.19. The van der Waals surface area contributed by atoms with Gasteiger partial charge in [0.1, 0.15) is 5.82 Å². The first-order valence-corrected chi connectivity index (χ1v) is 8.66. The molecule has 0 saturated carbocycles. The van der Waals surface area contributed by atoms with Gasteiger partial charge in [0.05, 0.1) is 16.8 Å². The molecule has 0 bridgehead atoms. The van der Waals surface area contributed by atoms with Gasteiger partial charge < -0.3 is 14.6 Å². The number of nitrogens with zero attached hydrogens (tertiary/aromatic N) is 1. The molecule has 3 aromatic rings. The van der Waals surface area contributed by atoms with E-state index in [2.05, 4.69) is 5.32 Å². The number of carbonyl (C=O) groups excluding carboxylic acids is 2. The van der Waals surface area contributed by atoms with Crippen molar-refractivity contribution < 1.29 is 18.4 Å². The summed E-state index contributed by atoms with van der Waals surface area (Å²) in [5.41, 5.74) is 1.89. The van der Waals surface area contributed by atoms with Crippen LogP contribution in [0.15, 0.2) is 59.2 Å². The second kappa shape index (κ2) is 6.89. The molecule has 0 unspecified atom stereocenters. The summed E-state index contributed by atoms with van der Waals surface area (Å²) in [6, 6.07) is 12.6. The van der Waals surface area contributed by atoms with Gasteiger partial charge in [-0.1, -0.05) is 23.7 Å². The zero-order chi connectivity index (χ0) is 19.0. The molecule has 0 radical (unpaired) electrons. The van der Waals surface area contributed by atoms with Gasteiger partial charge >= 0.3 is 0 Å². The Hall–Kier alpha value is -3.12. The van der Waals surface area contributed by atoms with Crippen LogP contribution < -0.4 is 10.2 Å². The van der Waals surface area contributed by atoms with E-state index in [1.54, 1.807) is 29.2 Å². The zero-order valence-corrected chi connectivity index (χ0v) is 14.8. The summed E-state index contributed by atoms with van der Waals surface area (Å²) in [7, 11) is 0. The maximum absolute atomic E-state index is 13.9. The summed E-state index contributed by atoms with van der Waals surface area (Å²) >= 11 is 5.94. The highest BCUT2D eigenvalue weighted by Crippen LogP contribution is 2.32. The molecule has 1 aliphatic rings. The molecule has 1 N–H and O–H groups in total. The molecule has 136 valence electrons. The fraction of sp³-hybridized carbons (Fsp3) is 0.100. The van der Waals surface area contributed by atoms with E-state index in [1.807, 2.05) is 6.07 Å². The molecule has 2 amide bonds. The highest BCUT2D eigenvalue weighted by molar-refractivity contribution is 6.34. The molecular formula is C20H14ClFN2O3. The number of hydrogen-bond donors (Lipinski definition) is 1. The average Bonchev–Trinajstić information content (AvgIpc) is 3.31. The van der Waals surface area contributed by atoms with Crippen molar-refractivity contribution in [3.05, 3.63) is 82.5 Å². The van der Waals surface area contributed by atoms with Crippen molar-refractivity contribution in [1.29, 1.82) is 0 Å². The molecule has 5 nitrogen and oxygen atoms in total. The van der Waals surface area contributed by atoms with Crippen molar-refractivity contribution in [3.8, 4) is 0 Å². The Morgan fingerprint density at radius 2 is 2.00 bits per heavy atom. The fourth-order valence-corrected chi connectivity index (χ4v) is 3.36. The average molecular weight is 385 g/mol. The van der Waals surface area contributed by atoms with Gasteiger partial charge in [0.2, 0.25) is 0 Å². The summed E-state index contributed by atoms with van der Waals surface area (Å²) < 4.78 is 19.1. The highest BCUT2D eigenvalue weighted by Gasteiger charge is 2.27. The van der Waals surface area contributed by atoms with Crippen molar-refractivity contribution in [2.75, 3.05) is 16.8 Å². The molecule has 7 heteroatoms. The Kier molecular flexibility index (Phi) is 4.41. The summed E-state index contributed by atoms with van der Waals surface area (Å²) in [6.45, 7) is 0.519. The molecule has 0 atom stereocenters. The van der Waals surface area contributed by atoms with Gasteiger partial charge in [-0.2, -0.15) is 0 Å². The molecule has 2 heterocycles. The van der Waals surface area contributed by atoms with Gasteiger partial charge in [0.25, 0.3) is 11.8 Å². The van der Waals surface area contributed by atoms with Crippen molar-refractivity contribution in [3.63, 3.8) is 0 Å². The number of halogens is 2. The van der Waals surface area contributed by atoms with Gasteiger partial charge in [-0.3, -0.25) is 9.59 Å². The lowest BCUT2D eigenvalue weighted by Gasteiger charge is -2.17. The number of carbonyl (C=O) groups is 2. The van der Waals surface area contributed by atoms with Crippen LogP contribution in [0.4, 0.5) is 15.8 Å². The largest absolute Gasteiger partial charge is 0.459 e. The molecule has 0 spiro atoms. The number of nitrogens with one attached hydrogen (secondary N) is 1. The molecule has 27 heavy (non-hydrogen) atoms. The lowest BCUT2D eigenvalue weighted by atomic mass is 10.1. The van der Waals surface area contributed by atoms with Crippen LogP contribution in [0.1, 0.15) is 26.5 Å². The Labute approximate surface area is 159 Å². The molecule has 0 aliphatic carbocycles. The number of hydrogen-bond acceptors (Lipinski definition) is 3. The lowest BCUT2D eigenvalue weighted by molar-refractivity contribution is 0.0962. The Balaban J connectivity index is 1.61. The Bertz CT molecular complexity index is 1010. The number of amides is 2. The summed E-state index contributed by atoms with van der Waals surface area (Å²) in [6.07, 6.45) is 2.15. The minimum atomic E-state index is -0.698. The van der Waals surface area contributed by atoms with Crippen LogP contribution in [0.2, 0.25) is 5.02 Å². The first-order valence-electron chi connectivity index (χ1n) is 8.28. The number of anilines is 2. The maximum atomic E-state index is 13.9. The van der Waals surface area contributed by atoms with Gasteiger partial charge in [-0.15, -0.1) is 0 Å². The Morgan fingerprint density at radius 3 is 2.74 bits per heavy atom. The summed E-state index contributed by atoms with van der Waals surface area (Å²) in [4.78, 5) is 26.6. The number of rotatable bonds is 3. The SMILES string of the molecule is O=C(Nc1ccc2c(c1)N(C(=O)c1ccco1)CC2)c1c(F)cccc1Cl. The van der Waals surface area contributed by atoms with E-state index >= 15 is 0 Å². The molecule has 1 aromatic heterocycles. The number of furan rings is 1. The minimum Gasteiger partial charge on any atom is -0.459 e. The van der Waals surface area contributed by atoms with E-state index in [9.17, 15) is 14.0 Å². The monoisotopic (exact) mass is 384 g/mol. The van der Waals surface area contributed by atoms with E-state index < -0.39 is 11.7 Å². The van der Waals surface area contributed by atoms with Gasteiger partial charge in [-0.25, -0.2) is 4.39 Å². The Morgan fingerprint density at radius 1 is 1.15 bits per heavy atom. The van der Waals surface area contributed by atoms with Crippen molar-refractivity contribution in [2.45, 2.75) is 6.42 Å². The van der Waals surface area contributed by atoms with Crippen LogP contribution in [0.3, 0.4) is 0 Å². The number of benzene rings is 2. The third-order valence-corrected chi connectivity index (χ3v) is 4.72. The molecule has 0 saturated heterocycles. The minimum absolute atomic E-state index is 0.0308. The van der Waals surface area contributed by atoms with E-state index in [0.717, 1.165) is 5.56 Å². The third-order valence-electron chi connectivity index (χ3n) is 4.41. The van der Waals surface area contributed by atoms with Crippen molar-refractivity contribution in [2.24, 2.45) is 0 Å². The van der Waals surface area contributed by atoms with Crippen molar-refractivity contribution >= 4 is 34.8 Å². The first-order chi connectivity index (χ1) is 13.0. The van der Waals surface area contributed by atoms with Gasteiger partial charge in [-0.05, 0) is 48.4 Å². The fourth-order valence-electron chi connectivity index (χ4n) is 3.11. The normalized spacial score (nSPS) is 12.7. The van der Waals surface area contributed by atoms with Crippen LogP contribution in [0, 0.1) is 5.82 Å². The molecule has 1 aliphatic heterocycles. The molecule has 2 aromatic carbocycles. The lowest BCUT2D eigenvalue weighted by Crippen LogP contribution is -2.28. The van der Waals surface area contributed by atoms with Crippen LogP contribution in [0.5, 0.6) is 0 Å². The number of fused-ring (bicyclic) bond motifs is 1. The van der Waals surface area contributed by atoms with Crippen LogP contribution in [-0.2, 0) is 6.42 Å². The maximum Gasteiger partial charge on any atom is 0.293 e. The smallest absolute Gasteiger partial charge is 0.293 e. The standard InChI is InChI=1S/C20H14ClFN2O3/c21-14-3-1-4-15(22)18(14)19(25)23-13-7-6-12-8-9-24(16(12)11-13)20(26)17-5-2-10-27-17/h1-7,10-11H,8-9H2,(H,23,25). The summed E-state index contributed by atoms with van der Waals surface area (Å²) in [5, 5.41) is 2.67. The second-order valence-electron chi connectivity index (χ2n) is 6.08.